The molecular weight excluding hydrogens is 227 g/mol. The van der Waals surface area contributed by atoms with Gasteiger partial charge in [-0.05, 0) is 18.5 Å². The highest BCUT2D eigenvalue weighted by Gasteiger charge is 2.15. The van der Waals surface area contributed by atoms with Gasteiger partial charge in [0.15, 0.2) is 11.0 Å². The zero-order valence-corrected chi connectivity index (χ0v) is 8.88. The first-order valence-electron chi connectivity index (χ1n) is 3.80. The first-order chi connectivity index (χ1) is 6.60. The summed E-state index contributed by atoms with van der Waals surface area (Å²) >= 11 is 11.3. The third-order valence-corrected chi connectivity index (χ3v) is 2.03. The van der Waals surface area contributed by atoms with Gasteiger partial charge in [0.25, 0.3) is 0 Å². The second-order valence-corrected chi connectivity index (χ2v) is 3.10. The molecule has 2 N–H and O–H groups in total. The molecule has 0 aliphatic carbocycles. The number of aromatic nitrogens is 2. The number of nitrogens with two attached hydrogens (primary N) is 1. The Hall–Kier alpha value is -1.07. The van der Waals surface area contributed by atoms with Gasteiger partial charge in [-0.2, -0.15) is 4.98 Å². The maximum atomic E-state index is 10.6. The Labute approximate surface area is 90.8 Å². The normalized spacial score (nSPS) is 9.93. The summed E-state index contributed by atoms with van der Waals surface area (Å²) in [5, 5.41) is 0.0228. The van der Waals surface area contributed by atoms with E-state index >= 15 is 0 Å². The van der Waals surface area contributed by atoms with Crippen molar-refractivity contribution in [2.24, 2.45) is 0 Å². The molecule has 0 aromatic carbocycles. The van der Waals surface area contributed by atoms with Crippen LogP contribution in [0.5, 0.6) is 0 Å². The molecular formula is C7H8Cl2N4O. The van der Waals surface area contributed by atoms with Crippen molar-refractivity contribution in [3.05, 3.63) is 10.4 Å². The number of carbonyl (C=O) groups excluding carboxylic acids is 1. The monoisotopic (exact) mass is 234 g/mol. The van der Waals surface area contributed by atoms with Gasteiger partial charge in [0, 0.05) is 6.54 Å². The average molecular weight is 235 g/mol. The van der Waals surface area contributed by atoms with Crippen LogP contribution in [-0.2, 0) is 4.79 Å². The molecule has 0 saturated carbocycles. The molecule has 0 atom stereocenters. The maximum absolute atomic E-state index is 10.6. The van der Waals surface area contributed by atoms with Gasteiger partial charge in [-0.1, -0.05) is 11.6 Å². The molecule has 0 unspecified atom stereocenters. The first kappa shape index (κ1) is 11.0. The van der Waals surface area contributed by atoms with Crippen LogP contribution in [0.1, 0.15) is 6.92 Å². The average Bonchev–Trinajstić information content (AvgIpc) is 2.10. The highest BCUT2D eigenvalue weighted by Crippen LogP contribution is 2.29. The quantitative estimate of drug-likeness (QED) is 0.487. The molecule has 1 rings (SSSR count). The lowest BCUT2D eigenvalue weighted by atomic mass is 10.4. The van der Waals surface area contributed by atoms with Gasteiger partial charge in [0.05, 0.1) is 0 Å². The van der Waals surface area contributed by atoms with Crippen LogP contribution in [0, 0.1) is 0 Å². The highest BCUT2D eigenvalue weighted by atomic mass is 35.5. The van der Waals surface area contributed by atoms with Crippen LogP contribution < -0.4 is 10.6 Å². The first-order valence-corrected chi connectivity index (χ1v) is 4.56. The molecule has 1 heterocycles. The van der Waals surface area contributed by atoms with E-state index in [1.165, 1.54) is 4.90 Å². The van der Waals surface area contributed by atoms with Gasteiger partial charge >= 0.3 is 0 Å². The van der Waals surface area contributed by atoms with E-state index in [1.807, 2.05) is 0 Å². The van der Waals surface area contributed by atoms with Crippen LogP contribution in [0.2, 0.25) is 10.4 Å². The summed E-state index contributed by atoms with van der Waals surface area (Å²) < 4.78 is 0. The molecule has 1 aromatic heterocycles. The van der Waals surface area contributed by atoms with Gasteiger partial charge in [-0.25, -0.2) is 4.98 Å². The topological polar surface area (TPSA) is 72.1 Å². The number of rotatable bonds is 3. The van der Waals surface area contributed by atoms with Crippen molar-refractivity contribution in [1.82, 2.24) is 9.97 Å². The van der Waals surface area contributed by atoms with Crippen LogP contribution in [0.25, 0.3) is 0 Å². The summed E-state index contributed by atoms with van der Waals surface area (Å²) in [7, 11) is 0. The zero-order chi connectivity index (χ0) is 10.7. The van der Waals surface area contributed by atoms with Crippen LogP contribution in [0.3, 0.4) is 0 Å². The number of carbonyl (C=O) groups is 1. The van der Waals surface area contributed by atoms with Crippen LogP contribution in [0.15, 0.2) is 0 Å². The summed E-state index contributed by atoms with van der Waals surface area (Å²) in [4.78, 5) is 19.3. The molecule has 5 nitrogen and oxygen atoms in total. The van der Waals surface area contributed by atoms with E-state index in [0.29, 0.717) is 13.0 Å². The Bertz CT molecular complexity index is 335. The number of nitrogens with zero attached hydrogens (tertiary/aromatic N) is 3. The van der Waals surface area contributed by atoms with Crippen molar-refractivity contribution < 1.29 is 4.79 Å². The van der Waals surface area contributed by atoms with Crippen molar-refractivity contribution in [2.75, 3.05) is 17.2 Å². The molecule has 0 spiro atoms. The minimum Gasteiger partial charge on any atom is -0.382 e. The Balaban J connectivity index is 3.25. The number of anilines is 2. The van der Waals surface area contributed by atoms with Gasteiger partial charge in [-0.3, -0.25) is 4.79 Å². The van der Waals surface area contributed by atoms with Gasteiger partial charge in [0.1, 0.15) is 5.69 Å². The minimum atomic E-state index is -0.0433. The maximum Gasteiger partial charge on any atom is 0.225 e. The molecule has 0 aliphatic rings. The third kappa shape index (κ3) is 2.05. The Morgan fingerprint density at radius 1 is 1.50 bits per heavy atom. The minimum absolute atomic E-state index is 0.0433. The number of hydrogen-bond donors (Lipinski definition) is 1. The lowest BCUT2D eigenvalue weighted by Gasteiger charge is -2.16. The van der Waals surface area contributed by atoms with Crippen LogP contribution >= 0.6 is 23.2 Å². The van der Waals surface area contributed by atoms with Crippen molar-refractivity contribution in [3.63, 3.8) is 0 Å². The molecule has 0 bridgehead atoms. The molecule has 0 fully saturated rings. The highest BCUT2D eigenvalue weighted by molar-refractivity contribution is 6.34. The van der Waals surface area contributed by atoms with Crippen molar-refractivity contribution in [2.45, 2.75) is 6.92 Å². The number of halogens is 2. The SMILES string of the molecule is CCN(C=O)c1c(N)nc(Cl)nc1Cl. The van der Waals surface area contributed by atoms with Gasteiger partial charge in [-0.15, -0.1) is 0 Å². The predicted octanol–water partition coefficient (Wildman–Crippen LogP) is 1.35. The van der Waals surface area contributed by atoms with E-state index in [-0.39, 0.29) is 21.9 Å². The van der Waals surface area contributed by atoms with E-state index in [0.717, 1.165) is 0 Å². The lowest BCUT2D eigenvalue weighted by Crippen LogP contribution is -2.22. The molecule has 76 valence electrons. The fourth-order valence-electron chi connectivity index (χ4n) is 0.968. The molecule has 0 aliphatic heterocycles. The third-order valence-electron chi connectivity index (χ3n) is 1.60. The summed E-state index contributed by atoms with van der Waals surface area (Å²) in [6.07, 6.45) is 0.606. The van der Waals surface area contributed by atoms with Crippen molar-refractivity contribution in [1.29, 1.82) is 0 Å². The number of nitrogen functional groups attached to an aromatic ring is 1. The van der Waals surface area contributed by atoms with Gasteiger partial charge in [0.2, 0.25) is 11.7 Å². The zero-order valence-electron chi connectivity index (χ0n) is 7.37. The van der Waals surface area contributed by atoms with E-state index in [2.05, 4.69) is 9.97 Å². The van der Waals surface area contributed by atoms with Crippen molar-refractivity contribution in [3.8, 4) is 0 Å². The fraction of sp³-hybridized carbons (Fsp3) is 0.286. The second-order valence-electron chi connectivity index (χ2n) is 2.41. The van der Waals surface area contributed by atoms with E-state index in [1.54, 1.807) is 6.92 Å². The summed E-state index contributed by atoms with van der Waals surface area (Å²) in [5.41, 5.74) is 5.84. The van der Waals surface area contributed by atoms with Gasteiger partial charge < -0.3 is 10.6 Å². The Kier molecular flexibility index (Phi) is 3.49. The van der Waals surface area contributed by atoms with Crippen LogP contribution in [0.4, 0.5) is 11.5 Å². The standard InChI is InChI=1S/C7H8Cl2N4O/c1-2-13(3-14)4-5(8)11-7(9)12-6(4)10/h3H,2H2,1H3,(H2,10,11,12). The summed E-state index contributed by atoms with van der Waals surface area (Å²) in [6, 6.07) is 0. The lowest BCUT2D eigenvalue weighted by molar-refractivity contribution is -0.107. The molecule has 0 saturated heterocycles. The second kappa shape index (κ2) is 4.43. The molecule has 1 aromatic rings. The molecule has 14 heavy (non-hydrogen) atoms. The summed E-state index contributed by atoms with van der Waals surface area (Å²) in [6.45, 7) is 2.21. The number of amides is 1. The number of hydrogen-bond acceptors (Lipinski definition) is 4. The van der Waals surface area contributed by atoms with E-state index < -0.39 is 0 Å². The van der Waals surface area contributed by atoms with Crippen molar-refractivity contribution >= 4 is 41.1 Å². The largest absolute Gasteiger partial charge is 0.382 e. The fourth-order valence-corrected chi connectivity index (χ4v) is 1.47. The Morgan fingerprint density at radius 2 is 2.14 bits per heavy atom. The molecule has 1 amide bonds. The van der Waals surface area contributed by atoms with E-state index in [9.17, 15) is 4.79 Å². The smallest absolute Gasteiger partial charge is 0.225 e. The van der Waals surface area contributed by atoms with Crippen LogP contribution in [-0.4, -0.2) is 22.9 Å². The molecule has 0 radical (unpaired) electrons. The summed E-state index contributed by atoms with van der Waals surface area (Å²) in [5.74, 6) is 0.0870. The predicted molar refractivity (Wildman–Crippen MR) is 55.5 cm³/mol. The van der Waals surface area contributed by atoms with E-state index in [4.69, 9.17) is 28.9 Å². The Morgan fingerprint density at radius 3 is 2.57 bits per heavy atom. The molecule has 7 heteroatoms.